The summed E-state index contributed by atoms with van der Waals surface area (Å²) in [5, 5.41) is 18.6. The van der Waals surface area contributed by atoms with Gasteiger partial charge in [-0.1, -0.05) is 6.08 Å². The number of urea groups is 1. The third-order valence-corrected chi connectivity index (χ3v) is 3.27. The van der Waals surface area contributed by atoms with Crippen LogP contribution in [0, 0.1) is 0 Å². The molecule has 2 heterocycles. The first-order chi connectivity index (χ1) is 9.73. The number of alkyl halides is 1. The number of hydrogen-bond acceptors (Lipinski definition) is 5. The third-order valence-electron chi connectivity index (χ3n) is 3.27. The van der Waals surface area contributed by atoms with E-state index in [1.165, 1.54) is 6.08 Å². The molecule has 0 saturated carbocycles. The molecule has 118 valence electrons. The topological polar surface area (TPSA) is 111 Å². The molecule has 9 nitrogen and oxygen atoms in total. The van der Waals surface area contributed by atoms with Gasteiger partial charge in [0, 0.05) is 7.05 Å². The van der Waals surface area contributed by atoms with Gasteiger partial charge >= 0.3 is 37.2 Å². The Morgan fingerprint density at radius 1 is 1.59 bits per heavy atom. The van der Waals surface area contributed by atoms with Gasteiger partial charge in [0.05, 0.1) is 12.6 Å². The molecule has 0 aliphatic carbocycles. The number of carboxylic acids is 1. The molecule has 0 aromatic rings. The molecule has 1 fully saturated rings. The van der Waals surface area contributed by atoms with Gasteiger partial charge in [-0.05, 0) is 12.5 Å². The number of likely N-dealkylation sites (N-methyl/N-ethyl adjacent to an activating group) is 1. The van der Waals surface area contributed by atoms with Crippen LogP contribution in [0.3, 0.4) is 0 Å². The molecule has 3 amide bonds. The van der Waals surface area contributed by atoms with Crippen molar-refractivity contribution < 1.29 is 54.2 Å². The molecule has 2 aliphatic heterocycles. The second-order valence-corrected chi connectivity index (χ2v) is 4.76. The minimum absolute atomic E-state index is 0. The molecule has 0 aromatic carbocycles. The Morgan fingerprint density at radius 2 is 2.18 bits per heavy atom. The van der Waals surface area contributed by atoms with E-state index in [0.717, 1.165) is 11.9 Å². The SMILES string of the molecule is CC1=C[C@@H]2CN(C(=O)N2O[C@@H](F)C(=O)O)[C@@H]1C(=O)N(C)O.[H-].[Li+]. The predicted octanol–water partition coefficient (Wildman–Crippen LogP) is -3.30. The molecular formula is C11H15FLiN3O6. The maximum absolute atomic E-state index is 13.1. The van der Waals surface area contributed by atoms with Gasteiger partial charge in [0.2, 0.25) is 0 Å². The van der Waals surface area contributed by atoms with Crippen LogP contribution in [0.25, 0.3) is 0 Å². The normalized spacial score (nSPS) is 24.5. The number of halogens is 1. The van der Waals surface area contributed by atoms with Gasteiger partial charge in [0.1, 0.15) is 6.04 Å². The molecule has 3 atom stereocenters. The third kappa shape index (κ3) is 3.10. The van der Waals surface area contributed by atoms with E-state index in [-0.39, 0.29) is 26.8 Å². The number of carbonyl (C=O) groups is 3. The van der Waals surface area contributed by atoms with Crippen LogP contribution in [0.15, 0.2) is 11.6 Å². The van der Waals surface area contributed by atoms with Gasteiger partial charge in [-0.2, -0.15) is 5.06 Å². The van der Waals surface area contributed by atoms with Crippen molar-refractivity contribution in [1.29, 1.82) is 0 Å². The standard InChI is InChI=1S/C11H14FN3O6.Li.H/c1-5-3-6-4-14(7(5)9(16)13(2)20)11(19)15(6)21-8(12)10(17)18;;/h3,6-8,20H,4H2,1-2H3,(H,17,18);;/q;+1;-1/t6-,7+,8-;;/m1../s1. The zero-order chi connectivity index (χ0) is 15.9. The largest absolute Gasteiger partial charge is 1.00 e. The first-order valence-corrected chi connectivity index (χ1v) is 6.02. The molecule has 2 N–H and O–H groups in total. The average molecular weight is 311 g/mol. The summed E-state index contributed by atoms with van der Waals surface area (Å²) in [6.45, 7) is 1.61. The van der Waals surface area contributed by atoms with E-state index >= 15 is 0 Å². The molecule has 22 heavy (non-hydrogen) atoms. The second-order valence-electron chi connectivity index (χ2n) is 4.76. The number of aliphatic carboxylic acids is 1. The smallest absolute Gasteiger partial charge is 1.00 e. The Balaban J connectivity index is 0.00000242. The molecule has 0 radical (unpaired) electrons. The number of nitrogens with zero attached hydrogens (tertiary/aromatic N) is 3. The summed E-state index contributed by atoms with van der Waals surface area (Å²) < 4.78 is 13.1. The van der Waals surface area contributed by atoms with E-state index in [9.17, 15) is 24.0 Å². The summed E-state index contributed by atoms with van der Waals surface area (Å²) in [7, 11) is 1.12. The first-order valence-electron chi connectivity index (χ1n) is 6.02. The van der Waals surface area contributed by atoms with Gasteiger partial charge < -0.3 is 11.4 Å². The number of carbonyl (C=O) groups excluding carboxylic acids is 2. The number of carboxylic acid groups (broad SMARTS) is 1. The molecule has 2 bridgehead atoms. The molecule has 2 aliphatic rings. The Morgan fingerprint density at radius 3 is 2.68 bits per heavy atom. The molecule has 2 rings (SSSR count). The van der Waals surface area contributed by atoms with Crippen molar-refractivity contribution in [3.63, 3.8) is 0 Å². The van der Waals surface area contributed by atoms with Crippen LogP contribution >= 0.6 is 0 Å². The molecule has 11 heteroatoms. The zero-order valence-electron chi connectivity index (χ0n) is 13.3. The fourth-order valence-corrected chi connectivity index (χ4v) is 2.37. The van der Waals surface area contributed by atoms with Gasteiger partial charge in [-0.15, -0.1) is 0 Å². The van der Waals surface area contributed by atoms with Crippen molar-refractivity contribution in [2.24, 2.45) is 0 Å². The van der Waals surface area contributed by atoms with Gasteiger partial charge in [-0.3, -0.25) is 10.0 Å². The van der Waals surface area contributed by atoms with Crippen molar-refractivity contribution in [2.75, 3.05) is 13.6 Å². The first kappa shape index (κ1) is 18.4. The van der Waals surface area contributed by atoms with E-state index in [4.69, 9.17) is 5.11 Å². The van der Waals surface area contributed by atoms with Crippen molar-refractivity contribution in [1.82, 2.24) is 15.0 Å². The minimum Gasteiger partial charge on any atom is -1.00 e. The Bertz CT molecular complexity index is 534. The number of amides is 3. The monoisotopic (exact) mass is 311 g/mol. The van der Waals surface area contributed by atoms with Gasteiger partial charge in [0.25, 0.3) is 5.91 Å². The van der Waals surface area contributed by atoms with E-state index < -0.39 is 36.3 Å². The van der Waals surface area contributed by atoms with Crippen LogP contribution in [0.1, 0.15) is 8.35 Å². The molecule has 1 saturated heterocycles. The molecule has 0 aromatic heterocycles. The van der Waals surface area contributed by atoms with Crippen LogP contribution in [0.5, 0.6) is 0 Å². The fraction of sp³-hybridized carbons (Fsp3) is 0.545. The van der Waals surface area contributed by atoms with Crippen molar-refractivity contribution >= 4 is 17.9 Å². The van der Waals surface area contributed by atoms with E-state index in [2.05, 4.69) is 4.84 Å². The number of fused-ring (bicyclic) bond motifs is 2. The van der Waals surface area contributed by atoms with Crippen molar-refractivity contribution in [2.45, 2.75) is 25.4 Å². The maximum Gasteiger partial charge on any atom is 1.00 e. The average Bonchev–Trinajstić information content (AvgIpc) is 2.63. The Hall–Kier alpha value is -1.60. The van der Waals surface area contributed by atoms with Gasteiger partial charge in [0.15, 0.2) is 0 Å². The van der Waals surface area contributed by atoms with Crippen molar-refractivity contribution in [3.05, 3.63) is 11.6 Å². The summed E-state index contributed by atoms with van der Waals surface area (Å²) in [5.74, 6) is -2.59. The Kier molecular flexibility index (Phi) is 5.58. The van der Waals surface area contributed by atoms with Crippen molar-refractivity contribution in [3.8, 4) is 0 Å². The summed E-state index contributed by atoms with van der Waals surface area (Å²) in [5.41, 5.74) is 0.474. The summed E-state index contributed by atoms with van der Waals surface area (Å²) in [6, 6.07) is -2.56. The number of hydrogen-bond donors (Lipinski definition) is 2. The zero-order valence-corrected chi connectivity index (χ0v) is 12.3. The number of hydroxylamine groups is 4. The molecular weight excluding hydrogens is 296 g/mol. The van der Waals surface area contributed by atoms with Crippen LogP contribution in [-0.4, -0.2) is 75.3 Å². The quantitative estimate of drug-likeness (QED) is 0.243. The minimum atomic E-state index is -2.68. The van der Waals surface area contributed by atoms with Crippen LogP contribution in [-0.2, 0) is 14.4 Å². The summed E-state index contributed by atoms with van der Waals surface area (Å²) >= 11 is 0. The fourth-order valence-electron chi connectivity index (χ4n) is 2.37. The summed E-state index contributed by atoms with van der Waals surface area (Å²) in [6.07, 6.45) is -1.18. The number of rotatable bonds is 4. The predicted molar refractivity (Wildman–Crippen MR) is 64.6 cm³/mol. The summed E-state index contributed by atoms with van der Waals surface area (Å²) in [4.78, 5) is 40.0. The maximum atomic E-state index is 13.1. The van der Waals surface area contributed by atoms with E-state index in [1.54, 1.807) is 6.92 Å². The van der Waals surface area contributed by atoms with Crippen LogP contribution < -0.4 is 18.9 Å². The Labute approximate surface area is 138 Å². The van der Waals surface area contributed by atoms with Crippen LogP contribution in [0.4, 0.5) is 9.18 Å². The van der Waals surface area contributed by atoms with Gasteiger partial charge in [-0.25, -0.2) is 23.9 Å². The van der Waals surface area contributed by atoms with E-state index in [0.29, 0.717) is 15.7 Å². The molecule has 0 unspecified atom stereocenters. The second kappa shape index (κ2) is 6.66. The van der Waals surface area contributed by atoms with Crippen LogP contribution in [0.2, 0.25) is 0 Å². The van der Waals surface area contributed by atoms with E-state index in [1.807, 2.05) is 0 Å². The molecule has 0 spiro atoms.